The molecule has 0 unspecified atom stereocenters. The second kappa shape index (κ2) is 7.83. The molecule has 108 valence electrons. The summed E-state index contributed by atoms with van der Waals surface area (Å²) in [6.45, 7) is 6.73. The van der Waals surface area contributed by atoms with Crippen molar-refractivity contribution in [1.82, 2.24) is 0 Å². The average molecular weight is 334 g/mol. The van der Waals surface area contributed by atoms with Crippen LogP contribution in [-0.4, -0.2) is 12.6 Å². The van der Waals surface area contributed by atoms with Crippen LogP contribution in [0.4, 0.5) is 14.5 Å². The highest BCUT2D eigenvalue weighted by atomic mass is 79.9. The maximum absolute atomic E-state index is 14.1. The largest absolute Gasteiger partial charge is 0.364 e. The van der Waals surface area contributed by atoms with Crippen LogP contribution in [0, 0.1) is 11.6 Å². The van der Waals surface area contributed by atoms with E-state index in [1.807, 2.05) is 18.7 Å². The smallest absolute Gasteiger partial charge is 0.149 e. The first-order valence-electron chi connectivity index (χ1n) is 6.81. The molecular formula is C15H22BrF2N. The topological polar surface area (TPSA) is 3.24 Å². The van der Waals surface area contributed by atoms with Gasteiger partial charge in [-0.25, -0.2) is 8.78 Å². The molecule has 0 atom stereocenters. The van der Waals surface area contributed by atoms with Gasteiger partial charge in [0.2, 0.25) is 0 Å². The number of hydrogen-bond donors (Lipinski definition) is 0. The van der Waals surface area contributed by atoms with Crippen molar-refractivity contribution in [3.05, 3.63) is 29.3 Å². The predicted octanol–water partition coefficient (Wildman–Crippen LogP) is 5.26. The van der Waals surface area contributed by atoms with E-state index in [2.05, 4.69) is 22.9 Å². The van der Waals surface area contributed by atoms with Crippen LogP contribution in [-0.2, 0) is 5.33 Å². The van der Waals surface area contributed by atoms with Crippen LogP contribution < -0.4 is 4.90 Å². The van der Waals surface area contributed by atoms with Gasteiger partial charge < -0.3 is 4.90 Å². The van der Waals surface area contributed by atoms with E-state index >= 15 is 0 Å². The Hall–Kier alpha value is -0.640. The van der Waals surface area contributed by atoms with Gasteiger partial charge >= 0.3 is 0 Å². The van der Waals surface area contributed by atoms with E-state index in [4.69, 9.17) is 0 Å². The zero-order chi connectivity index (χ0) is 14.4. The molecule has 1 aromatic carbocycles. The van der Waals surface area contributed by atoms with Crippen molar-refractivity contribution in [1.29, 1.82) is 0 Å². The first-order chi connectivity index (χ1) is 9.01. The Labute approximate surface area is 123 Å². The van der Waals surface area contributed by atoms with E-state index < -0.39 is 11.6 Å². The number of anilines is 1. The summed E-state index contributed by atoms with van der Waals surface area (Å²) in [6.07, 6.45) is 3.12. The van der Waals surface area contributed by atoms with E-state index in [-0.39, 0.29) is 11.7 Å². The highest BCUT2D eigenvalue weighted by Crippen LogP contribution is 2.28. The number of nitrogens with zero attached hydrogens (tertiary/aromatic N) is 1. The molecule has 0 spiro atoms. The fraction of sp³-hybridized carbons (Fsp3) is 0.600. The molecule has 0 aliphatic rings. The molecule has 0 bridgehead atoms. The van der Waals surface area contributed by atoms with Crippen LogP contribution in [0.2, 0.25) is 0 Å². The molecule has 0 fully saturated rings. The third-order valence-electron chi connectivity index (χ3n) is 3.14. The Morgan fingerprint density at radius 2 is 1.74 bits per heavy atom. The molecule has 1 rings (SSSR count). The summed E-state index contributed by atoms with van der Waals surface area (Å²) in [5, 5.41) is 0.457. The summed E-state index contributed by atoms with van der Waals surface area (Å²) < 4.78 is 28.2. The molecule has 0 amide bonds. The molecule has 0 N–H and O–H groups in total. The van der Waals surface area contributed by atoms with Gasteiger partial charge in [-0.2, -0.15) is 0 Å². The fourth-order valence-electron chi connectivity index (χ4n) is 2.13. The van der Waals surface area contributed by atoms with Gasteiger partial charge in [-0.3, -0.25) is 0 Å². The Kier molecular flexibility index (Phi) is 6.76. The van der Waals surface area contributed by atoms with Gasteiger partial charge in [0.25, 0.3) is 0 Å². The fourth-order valence-corrected chi connectivity index (χ4v) is 2.45. The lowest BCUT2D eigenvalue weighted by Crippen LogP contribution is -2.33. The normalized spacial score (nSPS) is 11.1. The van der Waals surface area contributed by atoms with Gasteiger partial charge in [-0.05, 0) is 38.0 Å². The summed E-state index contributed by atoms with van der Waals surface area (Å²) in [6, 6.07) is 2.89. The van der Waals surface area contributed by atoms with Crippen LogP contribution in [0.5, 0.6) is 0 Å². The molecule has 1 nitrogen and oxygen atoms in total. The highest BCUT2D eigenvalue weighted by molar-refractivity contribution is 9.08. The third-order valence-corrected chi connectivity index (χ3v) is 3.79. The van der Waals surface area contributed by atoms with Gasteiger partial charge in [0.05, 0.1) is 0 Å². The summed E-state index contributed by atoms with van der Waals surface area (Å²) in [5.41, 5.74) is 0.729. The standard InChI is InChI=1S/C15H22BrF2N/c1-4-5-6-7-19(11(2)3)15-13(17)8-12(10-16)9-14(15)18/h8-9,11H,4-7,10H2,1-3H3. The Balaban J connectivity index is 3.01. The highest BCUT2D eigenvalue weighted by Gasteiger charge is 2.19. The van der Waals surface area contributed by atoms with Gasteiger partial charge in [0.15, 0.2) is 0 Å². The molecule has 1 aromatic rings. The van der Waals surface area contributed by atoms with E-state index in [9.17, 15) is 8.78 Å². The van der Waals surface area contributed by atoms with Crippen molar-refractivity contribution in [2.75, 3.05) is 11.4 Å². The maximum Gasteiger partial charge on any atom is 0.149 e. The summed E-state index contributed by atoms with van der Waals surface area (Å²) in [4.78, 5) is 1.82. The summed E-state index contributed by atoms with van der Waals surface area (Å²) >= 11 is 3.22. The maximum atomic E-state index is 14.1. The molecule has 0 saturated heterocycles. The first-order valence-corrected chi connectivity index (χ1v) is 7.93. The summed E-state index contributed by atoms with van der Waals surface area (Å²) in [7, 11) is 0. The van der Waals surface area contributed by atoms with Crippen LogP contribution in [0.3, 0.4) is 0 Å². The van der Waals surface area contributed by atoms with Crippen LogP contribution in [0.1, 0.15) is 45.6 Å². The number of rotatable bonds is 7. The van der Waals surface area contributed by atoms with Gasteiger partial charge in [-0.15, -0.1) is 0 Å². The zero-order valence-corrected chi connectivity index (χ0v) is 13.4. The Morgan fingerprint density at radius 3 is 2.16 bits per heavy atom. The first kappa shape index (κ1) is 16.4. The third kappa shape index (κ3) is 4.44. The van der Waals surface area contributed by atoms with Crippen LogP contribution in [0.25, 0.3) is 0 Å². The predicted molar refractivity (Wildman–Crippen MR) is 81.0 cm³/mol. The second-order valence-electron chi connectivity index (χ2n) is 5.04. The monoisotopic (exact) mass is 333 g/mol. The zero-order valence-electron chi connectivity index (χ0n) is 11.8. The summed E-state index contributed by atoms with van der Waals surface area (Å²) in [5.74, 6) is -0.945. The van der Waals surface area contributed by atoms with Crippen molar-refractivity contribution in [2.24, 2.45) is 0 Å². The second-order valence-corrected chi connectivity index (χ2v) is 5.60. The number of benzene rings is 1. The number of alkyl halides is 1. The van der Waals surface area contributed by atoms with Crippen molar-refractivity contribution >= 4 is 21.6 Å². The van der Waals surface area contributed by atoms with Crippen LogP contribution in [0.15, 0.2) is 12.1 Å². The number of halogens is 3. The molecule has 0 radical (unpaired) electrons. The van der Waals surface area contributed by atoms with E-state index in [1.165, 1.54) is 12.1 Å². The van der Waals surface area contributed by atoms with Gasteiger partial charge in [0.1, 0.15) is 17.3 Å². The quantitative estimate of drug-likeness (QED) is 0.485. The number of hydrogen-bond acceptors (Lipinski definition) is 1. The molecule has 0 aliphatic heterocycles. The van der Waals surface area contributed by atoms with E-state index in [0.717, 1.165) is 19.3 Å². The van der Waals surface area contributed by atoms with Crippen molar-refractivity contribution in [2.45, 2.75) is 51.4 Å². The minimum absolute atomic E-state index is 0.0793. The van der Waals surface area contributed by atoms with Crippen molar-refractivity contribution in [3.63, 3.8) is 0 Å². The minimum atomic E-state index is -0.473. The Bertz CT molecular complexity index is 384. The van der Waals surface area contributed by atoms with Crippen molar-refractivity contribution < 1.29 is 8.78 Å². The molecule has 0 aromatic heterocycles. The van der Waals surface area contributed by atoms with E-state index in [0.29, 0.717) is 17.4 Å². The van der Waals surface area contributed by atoms with Gasteiger partial charge in [-0.1, -0.05) is 35.7 Å². The molecule has 0 saturated carbocycles. The van der Waals surface area contributed by atoms with Crippen molar-refractivity contribution in [3.8, 4) is 0 Å². The minimum Gasteiger partial charge on any atom is -0.364 e. The lowest BCUT2D eigenvalue weighted by molar-refractivity contribution is 0.544. The average Bonchev–Trinajstić information content (AvgIpc) is 2.35. The molecule has 4 heteroatoms. The van der Waals surface area contributed by atoms with Gasteiger partial charge in [0, 0.05) is 17.9 Å². The Morgan fingerprint density at radius 1 is 1.16 bits per heavy atom. The van der Waals surface area contributed by atoms with E-state index in [1.54, 1.807) is 0 Å². The molecule has 19 heavy (non-hydrogen) atoms. The SMILES string of the molecule is CCCCCN(c1c(F)cc(CBr)cc1F)C(C)C. The molecular weight excluding hydrogens is 312 g/mol. The lowest BCUT2D eigenvalue weighted by atomic mass is 10.1. The number of unbranched alkanes of at least 4 members (excludes halogenated alkanes) is 2. The molecule has 0 heterocycles. The molecule has 0 aliphatic carbocycles. The van der Waals surface area contributed by atoms with Crippen LogP contribution >= 0.6 is 15.9 Å². The lowest BCUT2D eigenvalue weighted by Gasteiger charge is -2.30.